The average molecular weight is 203 g/mol. The molecule has 0 nitrogen and oxygen atoms in total. The Morgan fingerprint density at radius 2 is 1.92 bits per heavy atom. The van der Waals surface area contributed by atoms with Crippen LogP contribution in [0, 0.1) is 17.3 Å². The molecule has 0 saturated heterocycles. The quantitative estimate of drug-likeness (QED) is 0.580. The molecule has 0 aromatic carbocycles. The Kier molecular flexibility index (Phi) is 3.68. The second-order valence-corrected chi connectivity index (χ2v) is 6.21. The van der Waals surface area contributed by atoms with Crippen LogP contribution in [0.1, 0.15) is 53.4 Å². The Hall–Kier alpha value is 0.290. The van der Waals surface area contributed by atoms with Crippen LogP contribution >= 0.6 is 11.6 Å². The van der Waals surface area contributed by atoms with Crippen LogP contribution in [0.3, 0.4) is 0 Å². The summed E-state index contributed by atoms with van der Waals surface area (Å²) < 4.78 is 0. The maximum Gasteiger partial charge on any atom is 0.0387 e. The summed E-state index contributed by atoms with van der Waals surface area (Å²) in [6, 6.07) is 0. The van der Waals surface area contributed by atoms with Crippen molar-refractivity contribution in [1.29, 1.82) is 0 Å². The van der Waals surface area contributed by atoms with E-state index in [1.165, 1.54) is 25.7 Å². The van der Waals surface area contributed by atoms with Crippen LogP contribution in [0.25, 0.3) is 0 Å². The van der Waals surface area contributed by atoms with Gasteiger partial charge in [0, 0.05) is 5.38 Å². The Morgan fingerprint density at radius 1 is 1.31 bits per heavy atom. The second-order valence-electron chi connectivity index (χ2n) is 5.71. The van der Waals surface area contributed by atoms with Crippen LogP contribution in [-0.4, -0.2) is 5.38 Å². The van der Waals surface area contributed by atoms with Crippen LogP contribution in [0.15, 0.2) is 0 Å². The molecule has 0 N–H and O–H groups in total. The molecule has 2 atom stereocenters. The first-order valence-corrected chi connectivity index (χ1v) is 6.00. The average Bonchev–Trinajstić information content (AvgIpc) is 2.01. The van der Waals surface area contributed by atoms with Crippen LogP contribution < -0.4 is 0 Å². The molecule has 13 heavy (non-hydrogen) atoms. The van der Waals surface area contributed by atoms with Gasteiger partial charge in [-0.05, 0) is 36.5 Å². The van der Waals surface area contributed by atoms with E-state index in [4.69, 9.17) is 11.6 Å². The van der Waals surface area contributed by atoms with Gasteiger partial charge >= 0.3 is 0 Å². The molecule has 78 valence electrons. The van der Waals surface area contributed by atoms with Crippen molar-refractivity contribution < 1.29 is 0 Å². The van der Waals surface area contributed by atoms with Crippen LogP contribution in [0.4, 0.5) is 0 Å². The molecule has 0 aromatic rings. The van der Waals surface area contributed by atoms with Gasteiger partial charge in [0.15, 0.2) is 0 Å². The number of hydrogen-bond acceptors (Lipinski definition) is 0. The fraction of sp³-hybridized carbons (Fsp3) is 1.00. The molecule has 0 aromatic heterocycles. The highest BCUT2D eigenvalue weighted by Crippen LogP contribution is 2.42. The molecule has 1 heteroatoms. The highest BCUT2D eigenvalue weighted by molar-refractivity contribution is 6.20. The van der Waals surface area contributed by atoms with Gasteiger partial charge in [0.1, 0.15) is 0 Å². The standard InChI is InChI=1S/C12H23Cl/c1-9(2)11(13)10-6-5-7-12(3,4)8-10/h9-11H,5-8H2,1-4H3. The van der Waals surface area contributed by atoms with Gasteiger partial charge in [-0.1, -0.05) is 34.1 Å². The Bertz CT molecular complexity index is 161. The van der Waals surface area contributed by atoms with E-state index < -0.39 is 0 Å². The highest BCUT2D eigenvalue weighted by Gasteiger charge is 2.32. The van der Waals surface area contributed by atoms with Gasteiger partial charge in [-0.25, -0.2) is 0 Å². The summed E-state index contributed by atoms with van der Waals surface area (Å²) in [6.07, 6.45) is 5.41. The normalized spacial score (nSPS) is 30.5. The Morgan fingerprint density at radius 3 is 2.38 bits per heavy atom. The third-order valence-corrected chi connectivity index (χ3v) is 4.19. The second kappa shape index (κ2) is 4.21. The summed E-state index contributed by atoms with van der Waals surface area (Å²) in [5.41, 5.74) is 0.533. The summed E-state index contributed by atoms with van der Waals surface area (Å²) in [7, 11) is 0. The molecule has 1 aliphatic carbocycles. The van der Waals surface area contributed by atoms with Gasteiger partial charge in [0.05, 0.1) is 0 Å². The summed E-state index contributed by atoms with van der Waals surface area (Å²) in [5, 5.41) is 0.388. The van der Waals surface area contributed by atoms with Crippen molar-refractivity contribution in [2.75, 3.05) is 0 Å². The molecule has 1 rings (SSSR count). The lowest BCUT2D eigenvalue weighted by Gasteiger charge is -2.38. The SMILES string of the molecule is CC(C)C(Cl)C1CCCC(C)(C)C1. The van der Waals surface area contributed by atoms with Gasteiger partial charge in [-0.3, -0.25) is 0 Å². The zero-order chi connectivity index (χ0) is 10.1. The zero-order valence-electron chi connectivity index (χ0n) is 9.44. The first-order valence-electron chi connectivity index (χ1n) is 5.56. The molecule has 0 bridgehead atoms. The minimum absolute atomic E-state index is 0.388. The smallest absolute Gasteiger partial charge is 0.0387 e. The fourth-order valence-electron chi connectivity index (χ4n) is 2.57. The minimum atomic E-state index is 0.388. The molecular weight excluding hydrogens is 180 g/mol. The molecule has 0 amide bonds. The highest BCUT2D eigenvalue weighted by atomic mass is 35.5. The number of rotatable bonds is 2. The van der Waals surface area contributed by atoms with Crippen molar-refractivity contribution in [3.8, 4) is 0 Å². The van der Waals surface area contributed by atoms with Crippen molar-refractivity contribution >= 4 is 11.6 Å². The molecule has 1 saturated carbocycles. The van der Waals surface area contributed by atoms with E-state index in [1.807, 2.05) is 0 Å². The first kappa shape index (κ1) is 11.4. The molecule has 1 fully saturated rings. The molecular formula is C12H23Cl. The topological polar surface area (TPSA) is 0 Å². The van der Waals surface area contributed by atoms with Crippen molar-refractivity contribution in [2.45, 2.75) is 58.8 Å². The van der Waals surface area contributed by atoms with Crippen LogP contribution in [0.5, 0.6) is 0 Å². The number of halogens is 1. The van der Waals surface area contributed by atoms with E-state index >= 15 is 0 Å². The first-order chi connectivity index (χ1) is 5.92. The number of hydrogen-bond donors (Lipinski definition) is 0. The number of alkyl halides is 1. The maximum atomic E-state index is 6.42. The van der Waals surface area contributed by atoms with Crippen molar-refractivity contribution in [3.05, 3.63) is 0 Å². The lowest BCUT2D eigenvalue weighted by Crippen LogP contribution is -2.30. The van der Waals surface area contributed by atoms with E-state index in [0.717, 1.165) is 5.92 Å². The van der Waals surface area contributed by atoms with E-state index in [1.54, 1.807) is 0 Å². The van der Waals surface area contributed by atoms with Gasteiger partial charge in [-0.15, -0.1) is 11.6 Å². The minimum Gasteiger partial charge on any atom is -0.122 e. The predicted octanol–water partition coefficient (Wildman–Crippen LogP) is 4.47. The van der Waals surface area contributed by atoms with Crippen LogP contribution in [-0.2, 0) is 0 Å². The monoisotopic (exact) mass is 202 g/mol. The molecule has 0 heterocycles. The van der Waals surface area contributed by atoms with Crippen molar-refractivity contribution in [3.63, 3.8) is 0 Å². The van der Waals surface area contributed by atoms with Gasteiger partial charge in [0.2, 0.25) is 0 Å². The Balaban J connectivity index is 2.51. The predicted molar refractivity (Wildman–Crippen MR) is 60.2 cm³/mol. The van der Waals surface area contributed by atoms with E-state index in [2.05, 4.69) is 27.7 Å². The largest absolute Gasteiger partial charge is 0.122 e. The summed E-state index contributed by atoms with van der Waals surface area (Å²) in [5.74, 6) is 1.38. The lowest BCUT2D eigenvalue weighted by atomic mass is 9.70. The van der Waals surface area contributed by atoms with Crippen molar-refractivity contribution in [2.24, 2.45) is 17.3 Å². The van der Waals surface area contributed by atoms with Crippen molar-refractivity contribution in [1.82, 2.24) is 0 Å². The summed E-state index contributed by atoms with van der Waals surface area (Å²) >= 11 is 6.42. The zero-order valence-corrected chi connectivity index (χ0v) is 10.2. The Labute approximate surface area is 88.1 Å². The molecule has 0 spiro atoms. The van der Waals surface area contributed by atoms with Gasteiger partial charge in [-0.2, -0.15) is 0 Å². The molecule has 0 radical (unpaired) electrons. The summed E-state index contributed by atoms with van der Waals surface area (Å²) in [4.78, 5) is 0. The summed E-state index contributed by atoms with van der Waals surface area (Å²) in [6.45, 7) is 9.23. The lowest BCUT2D eigenvalue weighted by molar-refractivity contribution is 0.166. The maximum absolute atomic E-state index is 6.42. The third-order valence-electron chi connectivity index (χ3n) is 3.33. The fourth-order valence-corrected chi connectivity index (χ4v) is 2.79. The van der Waals surface area contributed by atoms with E-state index in [9.17, 15) is 0 Å². The van der Waals surface area contributed by atoms with E-state index in [0.29, 0.717) is 16.7 Å². The molecule has 2 unspecified atom stereocenters. The van der Waals surface area contributed by atoms with Gasteiger partial charge in [0.25, 0.3) is 0 Å². The molecule has 0 aliphatic heterocycles. The molecule has 1 aliphatic rings. The van der Waals surface area contributed by atoms with Gasteiger partial charge < -0.3 is 0 Å². The van der Waals surface area contributed by atoms with E-state index in [-0.39, 0.29) is 0 Å². The third kappa shape index (κ3) is 3.16. The van der Waals surface area contributed by atoms with Crippen LogP contribution in [0.2, 0.25) is 0 Å².